The quantitative estimate of drug-likeness (QED) is 0.769. The van der Waals surface area contributed by atoms with Crippen molar-refractivity contribution >= 4 is 16.9 Å². The standard InChI is InChI=1S/C17H21N7/c1-11-14-9-12(10-20-16(14)23-22-11)15-17(19-6-5-18-15)21-13-3-7-24(2)8-4-13/h5-6,9-10,13H,3-4,7-8H2,1-2H3,(H,19,21)(H,20,22,23). The molecule has 24 heavy (non-hydrogen) atoms. The van der Waals surface area contributed by atoms with E-state index in [9.17, 15) is 0 Å². The van der Waals surface area contributed by atoms with Gasteiger partial charge in [0.1, 0.15) is 5.69 Å². The normalized spacial score (nSPS) is 16.6. The van der Waals surface area contributed by atoms with E-state index in [0.29, 0.717) is 6.04 Å². The van der Waals surface area contributed by atoms with Crippen molar-refractivity contribution in [2.45, 2.75) is 25.8 Å². The summed E-state index contributed by atoms with van der Waals surface area (Å²) in [5.41, 5.74) is 3.53. The third kappa shape index (κ3) is 2.82. The Morgan fingerprint density at radius 1 is 1.17 bits per heavy atom. The Kier molecular flexibility index (Phi) is 3.86. The Morgan fingerprint density at radius 3 is 2.79 bits per heavy atom. The van der Waals surface area contributed by atoms with Gasteiger partial charge in [-0.25, -0.2) is 9.97 Å². The molecule has 1 aliphatic heterocycles. The Morgan fingerprint density at radius 2 is 1.96 bits per heavy atom. The Labute approximate surface area is 140 Å². The monoisotopic (exact) mass is 323 g/mol. The molecule has 0 unspecified atom stereocenters. The smallest absolute Gasteiger partial charge is 0.181 e. The molecule has 1 fully saturated rings. The number of hydrogen-bond acceptors (Lipinski definition) is 6. The summed E-state index contributed by atoms with van der Waals surface area (Å²) in [6, 6.07) is 2.51. The lowest BCUT2D eigenvalue weighted by Gasteiger charge is -2.30. The number of aromatic amines is 1. The highest BCUT2D eigenvalue weighted by atomic mass is 15.1. The zero-order valence-corrected chi connectivity index (χ0v) is 14.0. The van der Waals surface area contributed by atoms with Gasteiger partial charge in [0.25, 0.3) is 0 Å². The fourth-order valence-corrected chi connectivity index (χ4v) is 3.15. The van der Waals surface area contributed by atoms with E-state index in [-0.39, 0.29) is 0 Å². The predicted molar refractivity (Wildman–Crippen MR) is 93.8 cm³/mol. The lowest BCUT2D eigenvalue weighted by atomic mass is 10.1. The number of pyridine rings is 1. The molecule has 0 bridgehead atoms. The fourth-order valence-electron chi connectivity index (χ4n) is 3.15. The number of fused-ring (bicyclic) bond motifs is 1. The van der Waals surface area contributed by atoms with Gasteiger partial charge < -0.3 is 10.2 Å². The molecule has 2 N–H and O–H groups in total. The molecule has 124 valence electrons. The third-order valence-corrected chi connectivity index (χ3v) is 4.63. The van der Waals surface area contributed by atoms with Crippen molar-refractivity contribution in [3.05, 3.63) is 30.4 Å². The van der Waals surface area contributed by atoms with Crippen molar-refractivity contribution < 1.29 is 0 Å². The molecule has 1 saturated heterocycles. The minimum absolute atomic E-state index is 0.434. The maximum absolute atomic E-state index is 4.54. The van der Waals surface area contributed by atoms with Gasteiger partial charge in [0.05, 0.1) is 0 Å². The van der Waals surface area contributed by atoms with Crippen LogP contribution >= 0.6 is 0 Å². The third-order valence-electron chi connectivity index (χ3n) is 4.63. The number of H-pyrrole nitrogens is 1. The summed E-state index contributed by atoms with van der Waals surface area (Å²) in [6.45, 7) is 4.21. The minimum atomic E-state index is 0.434. The van der Waals surface area contributed by atoms with Crippen LogP contribution in [0, 0.1) is 6.92 Å². The van der Waals surface area contributed by atoms with Crippen LogP contribution in [0.2, 0.25) is 0 Å². The number of anilines is 1. The zero-order valence-electron chi connectivity index (χ0n) is 14.0. The molecule has 0 saturated carbocycles. The molecular weight excluding hydrogens is 302 g/mol. The maximum atomic E-state index is 4.54. The van der Waals surface area contributed by atoms with Crippen LogP contribution < -0.4 is 5.32 Å². The second-order valence-electron chi connectivity index (χ2n) is 6.42. The molecule has 0 radical (unpaired) electrons. The van der Waals surface area contributed by atoms with Crippen LogP contribution in [0.3, 0.4) is 0 Å². The Bertz CT molecular complexity index is 849. The molecule has 0 amide bonds. The molecule has 0 aliphatic carbocycles. The Hall–Kier alpha value is -2.54. The van der Waals surface area contributed by atoms with Gasteiger partial charge in [-0.3, -0.25) is 10.1 Å². The first-order chi connectivity index (χ1) is 11.7. The van der Waals surface area contributed by atoms with E-state index in [1.807, 2.05) is 13.1 Å². The van der Waals surface area contributed by atoms with E-state index in [1.165, 1.54) is 0 Å². The Balaban J connectivity index is 1.66. The van der Waals surface area contributed by atoms with Gasteiger partial charge in [-0.1, -0.05) is 0 Å². The number of aromatic nitrogens is 5. The second-order valence-corrected chi connectivity index (χ2v) is 6.42. The van der Waals surface area contributed by atoms with Gasteiger partial charge in [0.15, 0.2) is 11.5 Å². The van der Waals surface area contributed by atoms with Crippen molar-refractivity contribution in [1.82, 2.24) is 30.0 Å². The zero-order chi connectivity index (χ0) is 16.5. The number of nitrogens with one attached hydrogen (secondary N) is 2. The molecule has 7 nitrogen and oxygen atoms in total. The van der Waals surface area contributed by atoms with Crippen molar-refractivity contribution in [3.63, 3.8) is 0 Å². The van der Waals surface area contributed by atoms with E-state index < -0.39 is 0 Å². The minimum Gasteiger partial charge on any atom is -0.365 e. The largest absolute Gasteiger partial charge is 0.365 e. The van der Waals surface area contributed by atoms with Crippen molar-refractivity contribution in [2.75, 3.05) is 25.5 Å². The van der Waals surface area contributed by atoms with Crippen LogP contribution in [0.25, 0.3) is 22.3 Å². The summed E-state index contributed by atoms with van der Waals surface area (Å²) in [7, 11) is 2.16. The van der Waals surface area contributed by atoms with Crippen molar-refractivity contribution in [1.29, 1.82) is 0 Å². The number of aryl methyl sites for hydroxylation is 1. The fraction of sp³-hybridized carbons (Fsp3) is 0.412. The highest BCUT2D eigenvalue weighted by Gasteiger charge is 2.19. The molecule has 0 spiro atoms. The van der Waals surface area contributed by atoms with Crippen LogP contribution in [-0.2, 0) is 0 Å². The summed E-state index contributed by atoms with van der Waals surface area (Å²) in [5, 5.41) is 11.7. The molecule has 7 heteroatoms. The van der Waals surface area contributed by atoms with Crippen LogP contribution in [0.5, 0.6) is 0 Å². The highest BCUT2D eigenvalue weighted by Crippen LogP contribution is 2.27. The van der Waals surface area contributed by atoms with E-state index in [2.05, 4.69) is 48.5 Å². The first-order valence-corrected chi connectivity index (χ1v) is 8.28. The summed E-state index contributed by atoms with van der Waals surface area (Å²) >= 11 is 0. The van der Waals surface area contributed by atoms with Crippen molar-refractivity contribution in [2.24, 2.45) is 0 Å². The van der Waals surface area contributed by atoms with E-state index in [4.69, 9.17) is 0 Å². The van der Waals surface area contributed by atoms with Gasteiger partial charge in [-0.15, -0.1) is 0 Å². The lowest BCUT2D eigenvalue weighted by Crippen LogP contribution is -2.37. The highest BCUT2D eigenvalue weighted by molar-refractivity contribution is 5.84. The van der Waals surface area contributed by atoms with E-state index in [0.717, 1.165) is 59.7 Å². The molecule has 0 aromatic carbocycles. The van der Waals surface area contributed by atoms with Gasteiger partial charge in [-0.2, -0.15) is 5.10 Å². The predicted octanol–water partition coefficient (Wildman–Crippen LogP) is 2.23. The molecule has 1 aliphatic rings. The first-order valence-electron chi connectivity index (χ1n) is 8.28. The SMILES string of the molecule is Cc1[nH]nc2ncc(-c3nccnc3NC3CCN(C)CC3)cc12. The van der Waals surface area contributed by atoms with Crippen LogP contribution in [0.4, 0.5) is 5.82 Å². The van der Waals surface area contributed by atoms with Crippen molar-refractivity contribution in [3.8, 4) is 11.3 Å². The number of piperidine rings is 1. The van der Waals surface area contributed by atoms with Crippen LogP contribution in [0.15, 0.2) is 24.7 Å². The maximum Gasteiger partial charge on any atom is 0.181 e. The number of nitrogens with zero attached hydrogens (tertiary/aromatic N) is 5. The molecule has 0 atom stereocenters. The van der Waals surface area contributed by atoms with E-state index in [1.54, 1.807) is 12.4 Å². The van der Waals surface area contributed by atoms with Crippen LogP contribution in [0.1, 0.15) is 18.5 Å². The van der Waals surface area contributed by atoms with Gasteiger partial charge in [-0.05, 0) is 46.0 Å². The average molecular weight is 323 g/mol. The number of likely N-dealkylation sites (tertiary alicyclic amines) is 1. The second kappa shape index (κ2) is 6.16. The number of hydrogen-bond donors (Lipinski definition) is 2. The molecule has 4 heterocycles. The lowest BCUT2D eigenvalue weighted by molar-refractivity contribution is 0.263. The summed E-state index contributed by atoms with van der Waals surface area (Å²) in [4.78, 5) is 15.9. The van der Waals surface area contributed by atoms with Gasteiger partial charge in [0, 0.05) is 41.3 Å². The van der Waals surface area contributed by atoms with Gasteiger partial charge >= 0.3 is 0 Å². The molecule has 3 aromatic heterocycles. The summed E-state index contributed by atoms with van der Waals surface area (Å²) in [5.74, 6) is 0.828. The summed E-state index contributed by atoms with van der Waals surface area (Å²) < 4.78 is 0. The van der Waals surface area contributed by atoms with E-state index >= 15 is 0 Å². The molecular formula is C17H21N7. The summed E-state index contributed by atoms with van der Waals surface area (Å²) in [6.07, 6.45) is 7.50. The van der Waals surface area contributed by atoms with Crippen LogP contribution in [-0.4, -0.2) is 56.2 Å². The first kappa shape index (κ1) is 15.0. The average Bonchev–Trinajstić information content (AvgIpc) is 2.98. The topological polar surface area (TPSA) is 82.6 Å². The number of rotatable bonds is 3. The molecule has 3 aromatic rings. The van der Waals surface area contributed by atoms with Gasteiger partial charge in [0.2, 0.25) is 0 Å². The molecule has 4 rings (SSSR count).